The number of nitrogens with one attached hydrogen (secondary N) is 1. The molecular weight excluding hydrogens is 312 g/mol. The van der Waals surface area contributed by atoms with E-state index in [1.165, 1.54) is 6.92 Å². The molecule has 0 aliphatic heterocycles. The molecule has 11 heteroatoms. The highest BCUT2D eigenvalue weighted by Gasteiger charge is 2.22. The van der Waals surface area contributed by atoms with Gasteiger partial charge in [0.2, 0.25) is 0 Å². The Morgan fingerprint density at radius 1 is 1.35 bits per heavy atom. The van der Waals surface area contributed by atoms with E-state index < -0.39 is 25.8 Å². The molecule has 0 fully saturated rings. The van der Waals surface area contributed by atoms with Crippen LogP contribution in [0.5, 0.6) is 0 Å². The maximum Gasteiger partial charge on any atom is 0.394 e. The molecule has 4 N–H and O–H groups in total. The van der Waals surface area contributed by atoms with Gasteiger partial charge in [-0.1, -0.05) is 6.08 Å². The molecule has 1 aromatic rings. The first-order chi connectivity index (χ1) is 8.95. The molecule has 0 aromatic carbocycles. The Bertz CT molecular complexity index is 599. The summed E-state index contributed by atoms with van der Waals surface area (Å²) in [5.74, 6) is 0.456. The zero-order chi connectivity index (χ0) is 16.0. The van der Waals surface area contributed by atoms with E-state index in [4.69, 9.17) is 22.1 Å². The van der Waals surface area contributed by atoms with E-state index in [0.29, 0.717) is 5.82 Å². The molecule has 2 unspecified atom stereocenters. The van der Waals surface area contributed by atoms with Crippen LogP contribution in [-0.2, 0) is 20.5 Å². The highest BCUT2D eigenvalue weighted by molar-refractivity contribution is 7.86. The Hall–Kier alpha value is -1.27. The number of hydrogen-bond acceptors (Lipinski definition) is 5. The molecular formula is C9H16N2O7S2. The molecule has 0 aliphatic rings. The van der Waals surface area contributed by atoms with Gasteiger partial charge >= 0.3 is 10.4 Å². The van der Waals surface area contributed by atoms with Crippen molar-refractivity contribution in [1.82, 2.24) is 9.97 Å². The quantitative estimate of drug-likeness (QED) is 0.454. The largest absolute Gasteiger partial charge is 0.394 e. The molecule has 1 rings (SSSR count). The molecule has 0 spiro atoms. The second-order valence-corrected chi connectivity index (χ2v) is 6.56. The van der Waals surface area contributed by atoms with E-state index in [-0.39, 0.29) is 12.3 Å². The smallest absolute Gasteiger partial charge is 0.348 e. The minimum atomic E-state index is -4.67. The van der Waals surface area contributed by atoms with E-state index in [9.17, 15) is 8.42 Å². The summed E-state index contributed by atoms with van der Waals surface area (Å²) in [5.41, 5.74) is 0. The molecule has 0 radical (unpaired) electrons. The van der Waals surface area contributed by atoms with Crippen LogP contribution in [0, 0.1) is 0 Å². The minimum Gasteiger partial charge on any atom is -0.348 e. The molecule has 20 heavy (non-hydrogen) atoms. The first-order valence-corrected chi connectivity index (χ1v) is 8.13. The zero-order valence-electron chi connectivity index (χ0n) is 10.5. The van der Waals surface area contributed by atoms with Crippen molar-refractivity contribution < 1.29 is 30.5 Å². The van der Waals surface area contributed by atoms with Crippen molar-refractivity contribution in [1.29, 1.82) is 0 Å². The fourth-order valence-corrected chi connectivity index (χ4v) is 1.73. The first-order valence-electron chi connectivity index (χ1n) is 5.23. The van der Waals surface area contributed by atoms with Crippen LogP contribution in [0.25, 0.3) is 0 Å². The summed E-state index contributed by atoms with van der Waals surface area (Å²) in [4.78, 5) is 6.91. The van der Waals surface area contributed by atoms with Gasteiger partial charge in [0.1, 0.15) is 5.82 Å². The normalized spacial score (nSPS) is 14.8. The molecule has 1 aromatic heterocycles. The highest BCUT2D eigenvalue weighted by atomic mass is 32.3. The lowest BCUT2D eigenvalue weighted by molar-refractivity contribution is 0.381. The maximum atomic E-state index is 10.8. The maximum absolute atomic E-state index is 10.8. The summed E-state index contributed by atoms with van der Waals surface area (Å²) in [6.07, 6.45) is 5.12. The van der Waals surface area contributed by atoms with Crippen molar-refractivity contribution in [3.8, 4) is 0 Å². The van der Waals surface area contributed by atoms with Crippen LogP contribution >= 0.6 is 0 Å². The van der Waals surface area contributed by atoms with Crippen LogP contribution in [0.4, 0.5) is 0 Å². The average Bonchev–Trinajstić information content (AvgIpc) is 2.74. The highest BCUT2D eigenvalue weighted by Crippen LogP contribution is 2.21. The number of allylic oxidation sites excluding steroid dienone is 1. The Morgan fingerprint density at radius 2 is 1.85 bits per heavy atom. The van der Waals surface area contributed by atoms with Gasteiger partial charge in [0.15, 0.2) is 0 Å². The van der Waals surface area contributed by atoms with Crippen LogP contribution in [-0.4, -0.2) is 45.7 Å². The third kappa shape index (κ3) is 8.77. The SMILES string of the molecule is C=CC(CC(C)S(=O)(=O)O)c1ncc[nH]1.O=S(=O)(O)O. The molecule has 2 atom stereocenters. The van der Waals surface area contributed by atoms with Gasteiger partial charge < -0.3 is 4.98 Å². The van der Waals surface area contributed by atoms with Gasteiger partial charge in [-0.15, -0.1) is 6.58 Å². The number of H-pyrrole nitrogens is 1. The van der Waals surface area contributed by atoms with E-state index in [0.717, 1.165) is 0 Å². The number of rotatable bonds is 5. The van der Waals surface area contributed by atoms with E-state index in [1.807, 2.05) is 0 Å². The van der Waals surface area contributed by atoms with Crippen LogP contribution in [0.3, 0.4) is 0 Å². The van der Waals surface area contributed by atoms with Crippen molar-refractivity contribution in [2.45, 2.75) is 24.5 Å². The van der Waals surface area contributed by atoms with Gasteiger partial charge in [-0.2, -0.15) is 16.8 Å². The summed E-state index contributed by atoms with van der Waals surface area (Å²) in [7, 11) is -8.66. The first kappa shape index (κ1) is 18.7. The van der Waals surface area contributed by atoms with Gasteiger partial charge in [0.05, 0.1) is 5.25 Å². The summed E-state index contributed by atoms with van der Waals surface area (Å²) >= 11 is 0. The number of aromatic nitrogens is 2. The van der Waals surface area contributed by atoms with Crippen molar-refractivity contribution >= 4 is 20.5 Å². The van der Waals surface area contributed by atoms with Crippen molar-refractivity contribution in [2.75, 3.05) is 0 Å². The van der Waals surface area contributed by atoms with Gasteiger partial charge in [-0.3, -0.25) is 13.7 Å². The van der Waals surface area contributed by atoms with Crippen LogP contribution < -0.4 is 0 Å². The van der Waals surface area contributed by atoms with Crippen molar-refractivity contribution in [2.24, 2.45) is 0 Å². The molecule has 0 saturated heterocycles. The Morgan fingerprint density at radius 3 is 2.15 bits per heavy atom. The third-order valence-electron chi connectivity index (χ3n) is 2.25. The summed E-state index contributed by atoms with van der Waals surface area (Å²) < 4.78 is 62.1. The van der Waals surface area contributed by atoms with E-state index >= 15 is 0 Å². The fourth-order valence-electron chi connectivity index (χ4n) is 1.28. The Balaban J connectivity index is 0.000000621. The Kier molecular flexibility index (Phi) is 7.02. The zero-order valence-corrected chi connectivity index (χ0v) is 12.2. The number of nitrogens with zero attached hydrogens (tertiary/aromatic N) is 1. The molecule has 0 bridgehead atoms. The molecule has 116 valence electrons. The van der Waals surface area contributed by atoms with E-state index in [2.05, 4.69) is 16.5 Å². The summed E-state index contributed by atoms with van der Waals surface area (Å²) in [6, 6.07) is 0. The van der Waals surface area contributed by atoms with Gasteiger partial charge in [0.25, 0.3) is 10.1 Å². The predicted octanol–water partition coefficient (Wildman–Crippen LogP) is 0.693. The molecule has 0 amide bonds. The third-order valence-corrected chi connectivity index (χ3v) is 3.46. The molecule has 0 aliphatic carbocycles. The average molecular weight is 328 g/mol. The van der Waals surface area contributed by atoms with Crippen LogP contribution in [0.1, 0.15) is 25.1 Å². The lowest BCUT2D eigenvalue weighted by atomic mass is 10.0. The second-order valence-electron chi connectivity index (χ2n) is 3.83. The molecule has 1 heterocycles. The molecule has 0 saturated carbocycles. The van der Waals surface area contributed by atoms with Crippen LogP contribution in [0.15, 0.2) is 25.0 Å². The van der Waals surface area contributed by atoms with Gasteiger partial charge in [0, 0.05) is 18.3 Å². The summed E-state index contributed by atoms with van der Waals surface area (Å²) in [5, 5.41) is -0.828. The second kappa shape index (κ2) is 7.50. The number of imidazole rings is 1. The molecule has 9 nitrogen and oxygen atoms in total. The van der Waals surface area contributed by atoms with Crippen molar-refractivity contribution in [3.63, 3.8) is 0 Å². The number of aromatic amines is 1. The topological polar surface area (TPSA) is 158 Å². The Labute approximate surface area is 117 Å². The standard InChI is InChI=1S/C9H14N2O3S.H2O4S/c1-3-8(9-10-4-5-11-9)6-7(2)15(12,13)14;1-5(2,3)4/h3-5,7-8H,1,6H2,2H3,(H,10,11)(H,12,13,14);(H2,1,2,3,4). The lowest BCUT2D eigenvalue weighted by Crippen LogP contribution is -2.19. The van der Waals surface area contributed by atoms with Gasteiger partial charge in [-0.05, 0) is 13.3 Å². The monoisotopic (exact) mass is 328 g/mol. The predicted molar refractivity (Wildman–Crippen MR) is 71.3 cm³/mol. The number of hydrogen-bond donors (Lipinski definition) is 4. The lowest BCUT2D eigenvalue weighted by Gasteiger charge is -2.13. The van der Waals surface area contributed by atoms with E-state index in [1.54, 1.807) is 18.5 Å². The summed E-state index contributed by atoms with van der Waals surface area (Å²) in [6.45, 7) is 5.07. The van der Waals surface area contributed by atoms with Crippen LogP contribution in [0.2, 0.25) is 0 Å². The van der Waals surface area contributed by atoms with Crippen molar-refractivity contribution in [3.05, 3.63) is 30.9 Å². The minimum absolute atomic E-state index is 0.197. The van der Waals surface area contributed by atoms with Gasteiger partial charge in [-0.25, -0.2) is 4.98 Å². The fraction of sp³-hybridized carbons (Fsp3) is 0.444.